The van der Waals surface area contributed by atoms with E-state index in [2.05, 4.69) is 10.3 Å². The van der Waals surface area contributed by atoms with Crippen LogP contribution in [-0.2, 0) is 4.74 Å². The van der Waals surface area contributed by atoms with Crippen LogP contribution in [-0.4, -0.2) is 49.1 Å². The molecular formula is C13H19N3O2. The van der Waals surface area contributed by atoms with Crippen LogP contribution in [0.5, 0.6) is 0 Å². The van der Waals surface area contributed by atoms with E-state index in [1.54, 1.807) is 32.6 Å². The number of likely N-dealkylation sites (tertiary alicyclic amines) is 1. The second kappa shape index (κ2) is 5.82. The van der Waals surface area contributed by atoms with Crippen molar-refractivity contribution >= 4 is 11.6 Å². The molecule has 5 nitrogen and oxygen atoms in total. The lowest BCUT2D eigenvalue weighted by atomic mass is 10.1. The van der Waals surface area contributed by atoms with Crippen LogP contribution in [0.1, 0.15) is 23.2 Å². The smallest absolute Gasteiger partial charge is 0.256 e. The van der Waals surface area contributed by atoms with Gasteiger partial charge in [0.15, 0.2) is 0 Å². The van der Waals surface area contributed by atoms with E-state index < -0.39 is 0 Å². The molecule has 0 unspecified atom stereocenters. The fourth-order valence-corrected chi connectivity index (χ4v) is 2.25. The van der Waals surface area contributed by atoms with E-state index in [1.165, 1.54) is 0 Å². The third-order valence-corrected chi connectivity index (χ3v) is 3.38. The number of piperidine rings is 1. The predicted molar refractivity (Wildman–Crippen MR) is 69.7 cm³/mol. The van der Waals surface area contributed by atoms with E-state index in [4.69, 9.17) is 4.74 Å². The van der Waals surface area contributed by atoms with Crippen molar-refractivity contribution in [3.8, 4) is 0 Å². The molecule has 0 aromatic carbocycles. The number of nitrogens with one attached hydrogen (secondary N) is 1. The van der Waals surface area contributed by atoms with Gasteiger partial charge in [0.2, 0.25) is 0 Å². The standard InChI is InChI=1S/C13H19N3O2/c1-14-12-9-15-6-3-11(12)13(17)16-7-4-10(18-2)5-8-16/h3,6,9-10,14H,4-5,7-8H2,1-2H3. The highest BCUT2D eigenvalue weighted by Crippen LogP contribution is 2.19. The minimum Gasteiger partial charge on any atom is -0.386 e. The van der Waals surface area contributed by atoms with Crippen LogP contribution in [0, 0.1) is 0 Å². The van der Waals surface area contributed by atoms with Gasteiger partial charge in [-0.15, -0.1) is 0 Å². The van der Waals surface area contributed by atoms with Crippen LogP contribution in [0.4, 0.5) is 5.69 Å². The van der Waals surface area contributed by atoms with Gasteiger partial charge in [-0.05, 0) is 18.9 Å². The minimum absolute atomic E-state index is 0.0660. The number of hydrogen-bond donors (Lipinski definition) is 1. The van der Waals surface area contributed by atoms with Crippen LogP contribution in [0.15, 0.2) is 18.5 Å². The molecule has 1 aliphatic heterocycles. The quantitative estimate of drug-likeness (QED) is 0.879. The summed E-state index contributed by atoms with van der Waals surface area (Å²) in [6.45, 7) is 1.51. The van der Waals surface area contributed by atoms with Crippen LogP contribution in [0.25, 0.3) is 0 Å². The maximum absolute atomic E-state index is 12.4. The molecule has 2 rings (SSSR count). The van der Waals surface area contributed by atoms with Gasteiger partial charge >= 0.3 is 0 Å². The normalized spacial score (nSPS) is 16.7. The summed E-state index contributed by atoms with van der Waals surface area (Å²) in [7, 11) is 3.52. The Bertz CT molecular complexity index is 414. The van der Waals surface area contributed by atoms with Gasteiger partial charge in [-0.3, -0.25) is 9.78 Å². The molecule has 0 radical (unpaired) electrons. The zero-order valence-electron chi connectivity index (χ0n) is 10.8. The fourth-order valence-electron chi connectivity index (χ4n) is 2.25. The van der Waals surface area contributed by atoms with Gasteiger partial charge in [0.05, 0.1) is 23.6 Å². The van der Waals surface area contributed by atoms with E-state index in [0.717, 1.165) is 31.6 Å². The molecule has 1 fully saturated rings. The molecule has 2 heterocycles. The van der Waals surface area contributed by atoms with Crippen molar-refractivity contribution in [1.29, 1.82) is 0 Å². The average molecular weight is 249 g/mol. The zero-order chi connectivity index (χ0) is 13.0. The number of methoxy groups -OCH3 is 1. The van der Waals surface area contributed by atoms with Gasteiger partial charge in [0.1, 0.15) is 0 Å². The number of rotatable bonds is 3. The molecule has 1 aromatic heterocycles. The minimum atomic E-state index is 0.0660. The molecular weight excluding hydrogens is 230 g/mol. The monoisotopic (exact) mass is 249 g/mol. The van der Waals surface area contributed by atoms with Crippen LogP contribution in [0.2, 0.25) is 0 Å². The van der Waals surface area contributed by atoms with E-state index in [-0.39, 0.29) is 12.0 Å². The van der Waals surface area contributed by atoms with Crippen molar-refractivity contribution in [2.24, 2.45) is 0 Å². The number of pyridine rings is 1. The summed E-state index contributed by atoms with van der Waals surface area (Å²) < 4.78 is 5.31. The van der Waals surface area contributed by atoms with E-state index in [0.29, 0.717) is 5.56 Å². The number of ether oxygens (including phenoxy) is 1. The molecule has 0 saturated carbocycles. The van der Waals surface area contributed by atoms with Crippen molar-refractivity contribution in [1.82, 2.24) is 9.88 Å². The SMILES string of the molecule is CNc1cnccc1C(=O)N1CCC(OC)CC1. The van der Waals surface area contributed by atoms with Gasteiger partial charge in [0.25, 0.3) is 5.91 Å². The Balaban J connectivity index is 2.08. The maximum Gasteiger partial charge on any atom is 0.256 e. The number of hydrogen-bond acceptors (Lipinski definition) is 4. The predicted octanol–water partition coefficient (Wildman–Crippen LogP) is 1.37. The fraction of sp³-hybridized carbons (Fsp3) is 0.538. The third kappa shape index (κ3) is 2.61. The summed E-state index contributed by atoms with van der Waals surface area (Å²) in [5.41, 5.74) is 1.46. The largest absolute Gasteiger partial charge is 0.386 e. The van der Waals surface area contributed by atoms with Crippen molar-refractivity contribution in [2.75, 3.05) is 32.6 Å². The van der Waals surface area contributed by atoms with Gasteiger partial charge in [-0.1, -0.05) is 0 Å². The number of carbonyl (C=O) groups is 1. The second-order valence-electron chi connectivity index (χ2n) is 4.40. The van der Waals surface area contributed by atoms with E-state index >= 15 is 0 Å². The van der Waals surface area contributed by atoms with Crippen molar-refractivity contribution in [2.45, 2.75) is 18.9 Å². The van der Waals surface area contributed by atoms with Crippen LogP contribution < -0.4 is 5.32 Å². The van der Waals surface area contributed by atoms with Crippen LogP contribution in [0.3, 0.4) is 0 Å². The first-order valence-corrected chi connectivity index (χ1v) is 6.20. The van der Waals surface area contributed by atoms with Crippen molar-refractivity contribution in [3.05, 3.63) is 24.0 Å². The Kier molecular flexibility index (Phi) is 4.15. The average Bonchev–Trinajstić information content (AvgIpc) is 2.46. The second-order valence-corrected chi connectivity index (χ2v) is 4.40. The van der Waals surface area contributed by atoms with Gasteiger partial charge in [0, 0.05) is 33.4 Å². The first-order valence-electron chi connectivity index (χ1n) is 6.20. The zero-order valence-corrected chi connectivity index (χ0v) is 10.8. The van der Waals surface area contributed by atoms with Gasteiger partial charge < -0.3 is 15.0 Å². The Morgan fingerprint density at radius 3 is 2.83 bits per heavy atom. The van der Waals surface area contributed by atoms with Gasteiger partial charge in [-0.25, -0.2) is 0 Å². The topological polar surface area (TPSA) is 54.5 Å². The Hall–Kier alpha value is -1.62. The summed E-state index contributed by atoms with van der Waals surface area (Å²) in [6, 6.07) is 1.76. The molecule has 1 aromatic rings. The molecule has 1 aliphatic rings. The lowest BCUT2D eigenvalue weighted by Crippen LogP contribution is -2.40. The molecule has 18 heavy (non-hydrogen) atoms. The van der Waals surface area contributed by atoms with Crippen molar-refractivity contribution < 1.29 is 9.53 Å². The number of carbonyl (C=O) groups excluding carboxylic acids is 1. The molecule has 0 atom stereocenters. The molecule has 0 spiro atoms. The molecule has 0 bridgehead atoms. The van der Waals surface area contributed by atoms with E-state index in [9.17, 15) is 4.79 Å². The highest BCUT2D eigenvalue weighted by molar-refractivity contribution is 5.99. The first kappa shape index (κ1) is 12.8. The molecule has 0 aliphatic carbocycles. The number of aromatic nitrogens is 1. The lowest BCUT2D eigenvalue weighted by molar-refractivity contribution is 0.0351. The maximum atomic E-state index is 12.4. The molecule has 1 saturated heterocycles. The number of anilines is 1. The van der Waals surface area contributed by atoms with Crippen molar-refractivity contribution in [3.63, 3.8) is 0 Å². The summed E-state index contributed by atoms with van der Waals surface area (Å²) in [5, 5.41) is 3.00. The highest BCUT2D eigenvalue weighted by Gasteiger charge is 2.24. The summed E-state index contributed by atoms with van der Waals surface area (Å²) in [6.07, 6.45) is 5.42. The Morgan fingerprint density at radius 2 is 2.22 bits per heavy atom. The highest BCUT2D eigenvalue weighted by atomic mass is 16.5. The molecule has 5 heteroatoms. The lowest BCUT2D eigenvalue weighted by Gasteiger charge is -2.31. The first-order chi connectivity index (χ1) is 8.76. The van der Waals surface area contributed by atoms with Crippen LogP contribution >= 0.6 is 0 Å². The van der Waals surface area contributed by atoms with Gasteiger partial charge in [-0.2, -0.15) is 0 Å². The molecule has 1 amide bonds. The summed E-state index contributed by atoms with van der Waals surface area (Å²) in [4.78, 5) is 18.3. The Labute approximate surface area is 107 Å². The molecule has 98 valence electrons. The van der Waals surface area contributed by atoms with E-state index in [1.807, 2.05) is 4.90 Å². The number of amides is 1. The Morgan fingerprint density at radius 1 is 1.50 bits per heavy atom. The molecule has 1 N–H and O–H groups in total. The third-order valence-electron chi connectivity index (χ3n) is 3.38. The number of nitrogens with zero attached hydrogens (tertiary/aromatic N) is 2. The summed E-state index contributed by atoms with van der Waals surface area (Å²) >= 11 is 0. The summed E-state index contributed by atoms with van der Waals surface area (Å²) in [5.74, 6) is 0.0660.